The summed E-state index contributed by atoms with van der Waals surface area (Å²) in [7, 11) is 1.75. The summed E-state index contributed by atoms with van der Waals surface area (Å²) in [6.07, 6.45) is 4.51. The van der Waals surface area contributed by atoms with Crippen LogP contribution in [0, 0.1) is 0 Å². The van der Waals surface area contributed by atoms with Gasteiger partial charge in [0.25, 0.3) is 0 Å². The molecule has 4 rings (SSSR count). The number of alkyl halides is 1. The lowest BCUT2D eigenvalue weighted by molar-refractivity contribution is -0.142. The van der Waals surface area contributed by atoms with Crippen LogP contribution in [-0.4, -0.2) is 38.9 Å². The molecule has 0 amide bonds. The highest BCUT2D eigenvalue weighted by molar-refractivity contribution is 9.10. The second kappa shape index (κ2) is 16.8. The molecule has 3 aromatic rings. The maximum atomic E-state index is 11.8. The van der Waals surface area contributed by atoms with E-state index in [1.54, 1.807) is 20.3 Å². The van der Waals surface area contributed by atoms with Crippen LogP contribution >= 0.6 is 31.9 Å². The third-order valence-corrected chi connectivity index (χ3v) is 6.53. The predicted molar refractivity (Wildman–Crippen MR) is 152 cm³/mol. The highest BCUT2D eigenvalue weighted by atomic mass is 79.9. The van der Waals surface area contributed by atoms with Gasteiger partial charge in [0.15, 0.2) is 0 Å². The number of carbonyl (C=O) groups excluding carboxylic acids is 1. The molecule has 1 aromatic heterocycles. The number of furan rings is 1. The molecular formula is C28H37Br2NO5. The number of para-hydroxylation sites is 1. The summed E-state index contributed by atoms with van der Waals surface area (Å²) < 4.78 is 22.7. The molecule has 1 fully saturated rings. The van der Waals surface area contributed by atoms with Gasteiger partial charge in [0.2, 0.25) is 0 Å². The Morgan fingerprint density at radius 3 is 2.61 bits per heavy atom. The molecule has 6 nitrogen and oxygen atoms in total. The van der Waals surface area contributed by atoms with E-state index >= 15 is 0 Å². The Balaban J connectivity index is 0.000000384. The van der Waals surface area contributed by atoms with Crippen molar-refractivity contribution in [1.82, 2.24) is 5.32 Å². The van der Waals surface area contributed by atoms with Crippen molar-refractivity contribution < 1.29 is 23.4 Å². The summed E-state index contributed by atoms with van der Waals surface area (Å²) in [4.78, 5) is 11.8. The number of benzene rings is 2. The molecule has 1 atom stereocenters. The number of esters is 1. The molecule has 1 N–H and O–H groups in total. The van der Waals surface area contributed by atoms with Crippen molar-refractivity contribution in [3.8, 4) is 5.75 Å². The van der Waals surface area contributed by atoms with Crippen molar-refractivity contribution in [1.29, 1.82) is 0 Å². The van der Waals surface area contributed by atoms with E-state index in [9.17, 15) is 4.79 Å². The minimum Gasteiger partial charge on any atom is -0.488 e. The van der Waals surface area contributed by atoms with Gasteiger partial charge < -0.3 is 23.9 Å². The van der Waals surface area contributed by atoms with E-state index in [-0.39, 0.29) is 12.4 Å². The number of fused-ring (bicyclic) bond motifs is 1. The fraction of sp³-hybridized carbons (Fsp3) is 0.464. The fourth-order valence-corrected chi connectivity index (χ4v) is 4.77. The zero-order valence-electron chi connectivity index (χ0n) is 21.6. The predicted octanol–water partition coefficient (Wildman–Crippen LogP) is 7.19. The van der Waals surface area contributed by atoms with Crippen LogP contribution in [0.1, 0.15) is 50.3 Å². The number of methoxy groups -OCH3 is 1. The Labute approximate surface area is 231 Å². The largest absolute Gasteiger partial charge is 0.488 e. The van der Waals surface area contributed by atoms with Gasteiger partial charge in [-0.1, -0.05) is 63.9 Å². The Morgan fingerprint density at radius 2 is 1.94 bits per heavy atom. The maximum absolute atomic E-state index is 11.8. The number of carbonyl (C=O) groups is 1. The number of hydrogen-bond acceptors (Lipinski definition) is 6. The summed E-state index contributed by atoms with van der Waals surface area (Å²) in [5.41, 5.74) is 3.68. The van der Waals surface area contributed by atoms with Crippen LogP contribution in [0.15, 0.2) is 51.6 Å². The molecule has 2 heterocycles. The van der Waals surface area contributed by atoms with Crippen molar-refractivity contribution in [2.24, 2.45) is 0 Å². The number of nitrogens with one attached hydrogen (secondary N) is 1. The number of halogens is 2. The number of rotatable bonds is 9. The molecule has 8 heteroatoms. The zero-order chi connectivity index (χ0) is 26.3. The Kier molecular flexibility index (Phi) is 14.2. The van der Waals surface area contributed by atoms with Crippen molar-refractivity contribution in [2.45, 2.75) is 58.0 Å². The molecule has 1 aliphatic rings. The summed E-state index contributed by atoms with van der Waals surface area (Å²) in [6, 6.07) is 12.2. The molecule has 198 valence electrons. The van der Waals surface area contributed by atoms with Gasteiger partial charge in [0, 0.05) is 45.0 Å². The second-order valence-electron chi connectivity index (χ2n) is 7.96. The van der Waals surface area contributed by atoms with Crippen LogP contribution < -0.4 is 10.1 Å². The molecule has 1 unspecified atom stereocenters. The van der Waals surface area contributed by atoms with Crippen molar-refractivity contribution in [2.75, 3.05) is 26.9 Å². The lowest BCUT2D eigenvalue weighted by Gasteiger charge is -2.11. The second-order valence-corrected chi connectivity index (χ2v) is 9.44. The molecule has 0 aliphatic carbocycles. The first kappa shape index (κ1) is 30.4. The van der Waals surface area contributed by atoms with Crippen molar-refractivity contribution in [3.63, 3.8) is 0 Å². The average Bonchev–Trinajstić information content (AvgIpc) is 3.55. The topological polar surface area (TPSA) is 69.9 Å². The van der Waals surface area contributed by atoms with Crippen molar-refractivity contribution in [3.05, 3.63) is 63.8 Å². The van der Waals surface area contributed by atoms with E-state index in [2.05, 4.69) is 37.2 Å². The van der Waals surface area contributed by atoms with Crippen LogP contribution in [-0.2, 0) is 32.6 Å². The highest BCUT2D eigenvalue weighted by Gasteiger charge is 2.14. The Hall–Kier alpha value is -1.87. The van der Waals surface area contributed by atoms with Gasteiger partial charge in [-0.3, -0.25) is 4.79 Å². The van der Waals surface area contributed by atoms with E-state index in [1.807, 2.05) is 50.2 Å². The lowest BCUT2D eigenvalue weighted by atomic mass is 10.1. The SMILES string of the molecule is CC.CCOC(=O)Cc1ccccc1OCc1coc2c(CBr)cc(Br)cc12.COCC1CCCN1. The molecule has 0 spiro atoms. The standard InChI is InChI=1S/C20H18Br2O4.C6H13NO.C2H6/c1-2-24-19(23)8-13-5-3-4-6-18(13)25-11-15-12-26-20-14(10-21)7-16(22)9-17(15)20;1-8-5-6-3-2-4-7-6;1-2/h3-7,9,12H,2,8,10-11H2,1H3;6-7H,2-5H2,1H3;1-2H3. The van der Waals surface area contributed by atoms with Gasteiger partial charge in [-0.15, -0.1) is 0 Å². The van der Waals surface area contributed by atoms with E-state index < -0.39 is 0 Å². The molecule has 0 saturated carbocycles. The normalized spacial score (nSPS) is 14.4. The quantitative estimate of drug-likeness (QED) is 0.200. The number of ether oxygens (including phenoxy) is 3. The molecule has 0 radical (unpaired) electrons. The fourth-order valence-electron chi connectivity index (χ4n) is 3.85. The van der Waals surface area contributed by atoms with Gasteiger partial charge in [-0.2, -0.15) is 0 Å². The monoisotopic (exact) mass is 625 g/mol. The first-order valence-corrected chi connectivity index (χ1v) is 14.3. The van der Waals surface area contributed by atoms with Gasteiger partial charge in [-0.05, 0) is 44.5 Å². The third kappa shape index (κ3) is 9.21. The molecule has 2 aromatic carbocycles. The van der Waals surface area contributed by atoms with E-state index in [4.69, 9.17) is 18.6 Å². The maximum Gasteiger partial charge on any atom is 0.310 e. The summed E-state index contributed by atoms with van der Waals surface area (Å²) in [5.74, 6) is 0.411. The van der Waals surface area contributed by atoms with Crippen LogP contribution in [0.25, 0.3) is 11.0 Å². The first-order valence-electron chi connectivity index (χ1n) is 12.4. The van der Waals surface area contributed by atoms with Crippen LogP contribution in [0.5, 0.6) is 5.75 Å². The minimum atomic E-state index is -0.261. The molecule has 0 bridgehead atoms. The third-order valence-electron chi connectivity index (χ3n) is 5.47. The van der Waals surface area contributed by atoms with Crippen LogP contribution in [0.2, 0.25) is 0 Å². The first-order chi connectivity index (χ1) is 17.5. The van der Waals surface area contributed by atoms with Crippen LogP contribution in [0.4, 0.5) is 0 Å². The molecular weight excluding hydrogens is 590 g/mol. The Morgan fingerprint density at radius 1 is 1.17 bits per heavy atom. The van der Waals surface area contributed by atoms with Gasteiger partial charge in [-0.25, -0.2) is 0 Å². The molecule has 36 heavy (non-hydrogen) atoms. The Bertz CT molecular complexity index is 1060. The minimum absolute atomic E-state index is 0.190. The molecule has 1 aliphatic heterocycles. The van der Waals surface area contributed by atoms with Gasteiger partial charge >= 0.3 is 5.97 Å². The van der Waals surface area contributed by atoms with Gasteiger partial charge in [0.1, 0.15) is 17.9 Å². The summed E-state index contributed by atoms with van der Waals surface area (Å²) >= 11 is 7.02. The van der Waals surface area contributed by atoms with Crippen molar-refractivity contribution >= 4 is 48.8 Å². The smallest absolute Gasteiger partial charge is 0.310 e. The number of hydrogen-bond donors (Lipinski definition) is 1. The zero-order valence-corrected chi connectivity index (χ0v) is 24.7. The van der Waals surface area contributed by atoms with Gasteiger partial charge in [0.05, 0.1) is 25.9 Å². The summed E-state index contributed by atoms with van der Waals surface area (Å²) in [5, 5.41) is 5.05. The molecule has 1 saturated heterocycles. The van der Waals surface area contributed by atoms with E-state index in [0.717, 1.165) is 38.7 Å². The van der Waals surface area contributed by atoms with Crippen LogP contribution in [0.3, 0.4) is 0 Å². The summed E-state index contributed by atoms with van der Waals surface area (Å²) in [6.45, 7) is 8.57. The lowest BCUT2D eigenvalue weighted by Crippen LogP contribution is -2.25. The van der Waals surface area contributed by atoms with E-state index in [0.29, 0.717) is 30.3 Å². The highest BCUT2D eigenvalue weighted by Crippen LogP contribution is 2.31. The van der Waals surface area contributed by atoms with E-state index in [1.165, 1.54) is 19.4 Å². The average molecular weight is 627 g/mol.